The van der Waals surface area contributed by atoms with Crippen LogP contribution in [0.2, 0.25) is 0 Å². The molecule has 0 atom stereocenters. The van der Waals surface area contributed by atoms with Gasteiger partial charge >= 0.3 is 0 Å². The van der Waals surface area contributed by atoms with Gasteiger partial charge in [0.15, 0.2) is 0 Å². The molecule has 0 N–H and O–H groups in total. The van der Waals surface area contributed by atoms with Gasteiger partial charge in [-0.1, -0.05) is 17.6 Å². The van der Waals surface area contributed by atoms with Crippen LogP contribution in [0.1, 0.15) is 26.2 Å². The van der Waals surface area contributed by atoms with E-state index in [1.54, 1.807) is 0 Å². The normalized spacial score (nSPS) is 22.4. The summed E-state index contributed by atoms with van der Waals surface area (Å²) in [5.41, 5.74) is 1.50. The number of allylic oxidation sites excluding steroid dienone is 2. The lowest BCUT2D eigenvalue weighted by Gasteiger charge is -2.01. The fourth-order valence-corrected chi connectivity index (χ4v) is 0.822. The zero-order valence-corrected chi connectivity index (χ0v) is 5.20. The Labute approximate surface area is 50.6 Å². The van der Waals surface area contributed by atoms with Gasteiger partial charge in [-0.3, -0.25) is 0 Å². The predicted molar refractivity (Wildman–Crippen MR) is 35.4 cm³/mol. The van der Waals surface area contributed by atoms with E-state index in [4.69, 9.17) is 0 Å². The minimum absolute atomic E-state index is 1.01. The maximum Gasteiger partial charge on any atom is 0.0299 e. The summed E-state index contributed by atoms with van der Waals surface area (Å²) in [5, 5.41) is 0. The van der Waals surface area contributed by atoms with E-state index in [9.17, 15) is 0 Å². The fraction of sp³-hybridized carbons (Fsp3) is 0.500. The number of rotatable bonds is 0. The molecule has 0 heterocycles. The second-order valence-electron chi connectivity index (χ2n) is 1.98. The Balaban J connectivity index is 2.56. The summed E-state index contributed by atoms with van der Waals surface area (Å²) in [7, 11) is 0. The van der Waals surface area contributed by atoms with Gasteiger partial charge in [0.25, 0.3) is 0 Å². The minimum atomic E-state index is 1.01. The van der Waals surface area contributed by atoms with E-state index in [-0.39, 0.29) is 0 Å². The molecule has 1 aliphatic carbocycles. The largest absolute Gasteiger partial charge is 0.103 e. The van der Waals surface area contributed by atoms with E-state index < -0.39 is 0 Å². The molecule has 0 nitrogen and oxygen atoms in total. The third-order valence-electron chi connectivity index (χ3n) is 1.42. The fourth-order valence-electron chi connectivity index (χ4n) is 0.822. The van der Waals surface area contributed by atoms with Crippen molar-refractivity contribution < 1.29 is 0 Å². The molecule has 0 saturated heterocycles. The van der Waals surface area contributed by atoms with Crippen LogP contribution in [0.4, 0.5) is 0 Å². The van der Waals surface area contributed by atoms with Crippen LogP contribution >= 0.6 is 0 Å². The molecule has 0 amide bonds. The molecule has 0 aliphatic heterocycles. The Hall–Kier alpha value is -0.700. The zero-order chi connectivity index (χ0) is 5.82. The number of hydrogen-bond donors (Lipinski definition) is 0. The van der Waals surface area contributed by atoms with Gasteiger partial charge in [-0.2, -0.15) is 0 Å². The van der Waals surface area contributed by atoms with E-state index in [1.165, 1.54) is 12.0 Å². The standard InChI is InChI=1S/C8H10/c1-2-8-6-4-3-5-7-8/h2H,4,6-7H2,1H3. The predicted octanol–water partition coefficient (Wildman–Crippen LogP) is 2.12. The van der Waals surface area contributed by atoms with E-state index in [0.29, 0.717) is 0 Å². The third kappa shape index (κ3) is 1.13. The first-order chi connectivity index (χ1) is 3.93. The number of hydrogen-bond acceptors (Lipinski definition) is 0. The second kappa shape index (κ2) is 2.57. The summed E-state index contributed by atoms with van der Waals surface area (Å²) >= 11 is 0. The minimum Gasteiger partial charge on any atom is -0.103 e. The molecule has 1 aliphatic rings. The van der Waals surface area contributed by atoms with Crippen LogP contribution in [-0.2, 0) is 0 Å². The molecule has 0 aromatic heterocycles. The second-order valence-corrected chi connectivity index (χ2v) is 1.98. The van der Waals surface area contributed by atoms with E-state index >= 15 is 0 Å². The van der Waals surface area contributed by atoms with Crippen LogP contribution in [0.3, 0.4) is 0 Å². The first kappa shape index (κ1) is 5.44. The van der Waals surface area contributed by atoms with Crippen molar-refractivity contribution in [1.29, 1.82) is 0 Å². The Bertz CT molecular complexity index is 153. The van der Waals surface area contributed by atoms with Crippen molar-refractivity contribution in [1.82, 2.24) is 0 Å². The van der Waals surface area contributed by atoms with Crippen molar-refractivity contribution in [2.24, 2.45) is 0 Å². The van der Waals surface area contributed by atoms with Crippen molar-refractivity contribution in [2.45, 2.75) is 26.2 Å². The summed E-state index contributed by atoms with van der Waals surface area (Å²) in [5.74, 6) is 6.13. The van der Waals surface area contributed by atoms with Crippen molar-refractivity contribution in [2.75, 3.05) is 0 Å². The Morgan fingerprint density at radius 2 is 2.38 bits per heavy atom. The van der Waals surface area contributed by atoms with Crippen LogP contribution in [0.25, 0.3) is 0 Å². The topological polar surface area (TPSA) is 0 Å². The third-order valence-corrected chi connectivity index (χ3v) is 1.42. The van der Waals surface area contributed by atoms with Gasteiger partial charge in [0.2, 0.25) is 0 Å². The zero-order valence-electron chi connectivity index (χ0n) is 5.20. The van der Waals surface area contributed by atoms with Gasteiger partial charge in [-0.25, -0.2) is 0 Å². The maximum atomic E-state index is 3.07. The van der Waals surface area contributed by atoms with Gasteiger partial charge in [-0.05, 0) is 13.3 Å². The molecule has 0 heteroatoms. The van der Waals surface area contributed by atoms with Crippen molar-refractivity contribution >= 4 is 0 Å². The molecule has 0 aromatic rings. The Morgan fingerprint density at radius 1 is 1.50 bits per heavy atom. The van der Waals surface area contributed by atoms with E-state index in [1.807, 2.05) is 0 Å². The molecule has 42 valence electrons. The molecule has 0 unspecified atom stereocenters. The average molecular weight is 106 g/mol. The maximum absolute atomic E-state index is 3.07. The molecule has 0 bridgehead atoms. The van der Waals surface area contributed by atoms with Gasteiger partial charge in [-0.15, -0.1) is 5.92 Å². The quantitative estimate of drug-likeness (QED) is 0.328. The lowest BCUT2D eigenvalue weighted by molar-refractivity contribution is 0.939. The molecule has 0 aromatic carbocycles. The van der Waals surface area contributed by atoms with Crippen LogP contribution in [-0.4, -0.2) is 0 Å². The molecular formula is C8H10. The molecule has 0 fully saturated rings. The van der Waals surface area contributed by atoms with Crippen LogP contribution in [0.5, 0.6) is 0 Å². The first-order valence-corrected chi connectivity index (χ1v) is 3.03. The van der Waals surface area contributed by atoms with E-state index in [0.717, 1.165) is 12.8 Å². The summed E-state index contributed by atoms with van der Waals surface area (Å²) in [6.45, 7) is 2.09. The lowest BCUT2D eigenvalue weighted by Crippen LogP contribution is -1.85. The SMILES string of the molecule is CC=C1CC#CCC1. The monoisotopic (exact) mass is 106 g/mol. The van der Waals surface area contributed by atoms with Gasteiger partial charge in [0.1, 0.15) is 0 Å². The summed E-state index contributed by atoms with van der Waals surface area (Å²) in [4.78, 5) is 0. The van der Waals surface area contributed by atoms with E-state index in [2.05, 4.69) is 24.8 Å². The summed E-state index contributed by atoms with van der Waals surface area (Å²) < 4.78 is 0. The average Bonchev–Trinajstić information content (AvgIpc) is 1.90. The molecule has 1 rings (SSSR count). The van der Waals surface area contributed by atoms with Gasteiger partial charge in [0, 0.05) is 12.8 Å². The molecule has 0 spiro atoms. The highest BCUT2D eigenvalue weighted by molar-refractivity contribution is 5.18. The van der Waals surface area contributed by atoms with Gasteiger partial charge < -0.3 is 0 Å². The first-order valence-electron chi connectivity index (χ1n) is 3.03. The lowest BCUT2D eigenvalue weighted by atomic mass is 10.0. The molecule has 8 heavy (non-hydrogen) atoms. The van der Waals surface area contributed by atoms with Gasteiger partial charge in [0.05, 0.1) is 0 Å². The highest BCUT2D eigenvalue weighted by Gasteiger charge is 1.95. The van der Waals surface area contributed by atoms with Crippen LogP contribution in [0, 0.1) is 11.8 Å². The highest BCUT2D eigenvalue weighted by atomic mass is 14.0. The molecule has 0 radical (unpaired) electrons. The van der Waals surface area contributed by atoms with Crippen molar-refractivity contribution in [3.8, 4) is 11.8 Å². The molecule has 0 saturated carbocycles. The van der Waals surface area contributed by atoms with Crippen LogP contribution in [0.15, 0.2) is 11.6 Å². The summed E-state index contributed by atoms with van der Waals surface area (Å²) in [6, 6.07) is 0. The summed E-state index contributed by atoms with van der Waals surface area (Å²) in [6.07, 6.45) is 5.45. The van der Waals surface area contributed by atoms with Crippen molar-refractivity contribution in [3.63, 3.8) is 0 Å². The Morgan fingerprint density at radius 3 is 2.75 bits per heavy atom. The van der Waals surface area contributed by atoms with Crippen molar-refractivity contribution in [3.05, 3.63) is 11.6 Å². The molecular weight excluding hydrogens is 96.1 g/mol. The highest BCUT2D eigenvalue weighted by Crippen LogP contribution is 2.11. The Kier molecular flexibility index (Phi) is 1.75. The van der Waals surface area contributed by atoms with Crippen LogP contribution < -0.4 is 0 Å². The smallest absolute Gasteiger partial charge is 0.0299 e.